The smallest absolute Gasteiger partial charge is 0.326 e. The first-order chi connectivity index (χ1) is 41.8. The van der Waals surface area contributed by atoms with Gasteiger partial charge in [-0.1, -0.05) is 93.4 Å². The molecular weight excluding hydrogens is 1150 g/mol. The SMILES string of the molecule is CC[C@H](C)[C@H](NC(=O)[C@@H](NCC(=O)CCCCNC(=O)CCCC[C@@H]1SC[C@]2(C)NC(=O)N[C@]12C)[C@@H](C)O)C(=O)N[C@H](C(=O)N[C@@H](Cc1ccc(C(=O)c2ccccc2)cc1)C(=O)N[C@@H](CCCCN)C(=O)N[C@@H](Cc1ccc(O)cc1)C(=O)O)[C@@H](C)O. The van der Waals surface area contributed by atoms with Crippen molar-refractivity contribution in [3.63, 3.8) is 0 Å². The molecule has 2 heterocycles. The number of aromatic hydroxyl groups is 1. The van der Waals surface area contributed by atoms with Crippen molar-refractivity contribution in [3.05, 3.63) is 101 Å². The highest BCUT2D eigenvalue weighted by Gasteiger charge is 2.60. The first-order valence-electron chi connectivity index (χ1n) is 30.3. The predicted octanol–water partition coefficient (Wildman–Crippen LogP) is 2.17. The highest BCUT2D eigenvalue weighted by molar-refractivity contribution is 8.00. The minimum absolute atomic E-state index is 0.00162. The van der Waals surface area contributed by atoms with Gasteiger partial charge in [-0.25, -0.2) is 9.59 Å². The number of ketones is 2. The Bertz CT molecular complexity index is 2870. The average Bonchev–Trinajstić information content (AvgIpc) is 1.59. The van der Waals surface area contributed by atoms with Crippen LogP contribution in [-0.4, -0.2) is 170 Å². The number of thioether (sulfide) groups is 1. The Morgan fingerprint density at radius 2 is 1.20 bits per heavy atom. The van der Waals surface area contributed by atoms with Gasteiger partial charge in [0, 0.05) is 54.4 Å². The maximum Gasteiger partial charge on any atom is 0.326 e. The van der Waals surface area contributed by atoms with Crippen molar-refractivity contribution in [1.82, 2.24) is 47.9 Å². The highest BCUT2D eigenvalue weighted by atomic mass is 32.2. The van der Waals surface area contributed by atoms with E-state index in [2.05, 4.69) is 61.7 Å². The summed E-state index contributed by atoms with van der Waals surface area (Å²) in [7, 11) is 0. The zero-order valence-electron chi connectivity index (χ0n) is 51.2. The van der Waals surface area contributed by atoms with Gasteiger partial charge in [-0.05, 0) is 108 Å². The molecule has 0 aliphatic carbocycles. The van der Waals surface area contributed by atoms with Crippen molar-refractivity contribution in [2.75, 3.05) is 25.4 Å². The number of hydrogen-bond donors (Lipinski definition) is 14. The van der Waals surface area contributed by atoms with Gasteiger partial charge < -0.3 is 68.7 Å². The maximum atomic E-state index is 14.5. The molecule has 15 N–H and O–H groups in total. The van der Waals surface area contributed by atoms with Crippen LogP contribution in [0.4, 0.5) is 4.79 Å². The number of aliphatic hydroxyl groups is 2. The Balaban J connectivity index is 1.20. The van der Waals surface area contributed by atoms with E-state index >= 15 is 0 Å². The lowest BCUT2D eigenvalue weighted by Gasteiger charge is -2.35. The van der Waals surface area contributed by atoms with Crippen LogP contribution in [0.15, 0.2) is 78.9 Å². The number of aliphatic hydroxyl groups excluding tert-OH is 2. The fourth-order valence-corrected chi connectivity index (χ4v) is 12.5. The number of aliphatic carboxylic acids is 1. The monoisotopic (exact) mass is 1240 g/mol. The number of phenolic OH excluding ortho intramolecular Hbond substituents is 1. The van der Waals surface area contributed by atoms with Gasteiger partial charge in [-0.15, -0.1) is 0 Å². The molecule has 0 spiro atoms. The number of carbonyl (C=O) groups is 10. The number of nitrogens with two attached hydrogens (primary N) is 1. The van der Waals surface area contributed by atoms with Crippen molar-refractivity contribution in [1.29, 1.82) is 0 Å². The molecule has 0 aromatic heterocycles. The number of nitrogens with one attached hydrogen (secondary N) is 9. The quantitative estimate of drug-likeness (QED) is 0.0222. The maximum absolute atomic E-state index is 14.5. The van der Waals surface area contributed by atoms with Gasteiger partial charge in [-0.3, -0.25) is 43.7 Å². The molecule has 25 heteroatoms. The molecule has 3 aromatic carbocycles. The molecule has 8 amide bonds. The van der Waals surface area contributed by atoms with E-state index in [-0.39, 0.29) is 84.4 Å². The largest absolute Gasteiger partial charge is 0.508 e. The number of rotatable bonds is 38. The van der Waals surface area contributed by atoms with Gasteiger partial charge in [-0.2, -0.15) is 11.8 Å². The van der Waals surface area contributed by atoms with Crippen LogP contribution in [-0.2, 0) is 51.2 Å². The summed E-state index contributed by atoms with van der Waals surface area (Å²) in [6.07, 6.45) is 1.53. The Hall–Kier alpha value is -7.45. The summed E-state index contributed by atoms with van der Waals surface area (Å²) >= 11 is 1.83. The van der Waals surface area contributed by atoms with Crippen LogP contribution in [0.5, 0.6) is 5.75 Å². The number of carboxylic acids is 1. The van der Waals surface area contributed by atoms with Crippen LogP contribution in [0.3, 0.4) is 0 Å². The van der Waals surface area contributed by atoms with Gasteiger partial charge >= 0.3 is 12.0 Å². The van der Waals surface area contributed by atoms with Gasteiger partial charge in [0.1, 0.15) is 47.8 Å². The molecule has 2 aliphatic rings. The van der Waals surface area contributed by atoms with Crippen LogP contribution in [0, 0.1) is 5.92 Å². The van der Waals surface area contributed by atoms with Crippen LogP contribution < -0.4 is 53.6 Å². The summed E-state index contributed by atoms with van der Waals surface area (Å²) < 4.78 is 0. The number of urea groups is 1. The molecule has 0 unspecified atom stereocenters. The van der Waals surface area contributed by atoms with Crippen molar-refractivity contribution >= 4 is 70.8 Å². The Morgan fingerprint density at radius 1 is 0.648 bits per heavy atom. The molecule has 12 atom stereocenters. The van der Waals surface area contributed by atoms with Crippen LogP contribution in [0.2, 0.25) is 0 Å². The zero-order valence-corrected chi connectivity index (χ0v) is 52.0. The lowest BCUT2D eigenvalue weighted by molar-refractivity contribution is -0.142. The number of benzene rings is 3. The molecule has 88 heavy (non-hydrogen) atoms. The van der Waals surface area contributed by atoms with Gasteiger partial charge in [0.2, 0.25) is 35.4 Å². The van der Waals surface area contributed by atoms with Crippen LogP contribution >= 0.6 is 11.8 Å². The normalized spacial score (nSPS) is 19.9. The molecule has 482 valence electrons. The number of phenols is 1. The summed E-state index contributed by atoms with van der Waals surface area (Å²) in [6.45, 7) is 10.4. The second-order valence-corrected chi connectivity index (χ2v) is 24.7. The lowest BCUT2D eigenvalue weighted by Crippen LogP contribution is -2.63. The summed E-state index contributed by atoms with van der Waals surface area (Å²) in [4.78, 5) is 134. The number of amides is 8. The topological polar surface area (TPSA) is 386 Å². The van der Waals surface area contributed by atoms with E-state index < -0.39 is 89.9 Å². The second-order valence-electron chi connectivity index (χ2n) is 23.5. The Labute approximate surface area is 518 Å². The summed E-state index contributed by atoms with van der Waals surface area (Å²) in [5.41, 5.74) is 6.78. The zero-order chi connectivity index (χ0) is 64.7. The van der Waals surface area contributed by atoms with E-state index in [9.17, 15) is 68.4 Å². The number of fused-ring (bicyclic) bond motifs is 1. The minimum Gasteiger partial charge on any atom is -0.508 e. The Morgan fingerprint density at radius 3 is 1.83 bits per heavy atom. The molecule has 3 aromatic rings. The van der Waals surface area contributed by atoms with E-state index in [1.165, 1.54) is 38.1 Å². The van der Waals surface area contributed by atoms with E-state index in [0.29, 0.717) is 73.7 Å². The van der Waals surface area contributed by atoms with Gasteiger partial charge in [0.25, 0.3) is 0 Å². The standard InChI is InChI=1S/C63H90N10O14S/c1-7-37(2)51(70-58(83)52(38(3)74)66-35-45(77)19-14-16-32-65-50(78)22-12-11-21-49-63(6)62(5,36-88-49)72-61(87)73-63)57(82)71-53(39(4)75)59(84)68-47(33-40-23-27-43(28-24-40)54(79)42-17-9-8-10-18-42)56(81)67-46(20-13-15-31-64)55(80)69-48(60(85)86)34-41-25-29-44(76)30-26-41/h8-10,17-18,23-30,37-39,46-49,51-53,66,74-76H,7,11-16,19-22,31-36,64H2,1-6H3,(H,65,78)(H,67,81)(H,68,84)(H,69,80)(H,70,83)(H,71,82)(H,85,86)(H2,72,73,87)/t37-,38+,39+,46-,47-,48-,49-,51-,52-,53-,62-,63+/m0/s1. The molecule has 2 fully saturated rings. The molecular formula is C63H90N10O14S. The molecule has 0 saturated carbocycles. The molecule has 0 bridgehead atoms. The fourth-order valence-electron chi connectivity index (χ4n) is 10.6. The molecule has 2 aliphatic heterocycles. The summed E-state index contributed by atoms with van der Waals surface area (Å²) in [5.74, 6) is -6.38. The highest BCUT2D eigenvalue weighted by Crippen LogP contribution is 2.47. The summed E-state index contributed by atoms with van der Waals surface area (Å²) in [6, 6.07) is 11.5. The van der Waals surface area contributed by atoms with Crippen molar-refractivity contribution < 1.29 is 68.4 Å². The van der Waals surface area contributed by atoms with E-state index in [0.717, 1.165) is 18.6 Å². The second kappa shape index (κ2) is 34.3. The number of unbranched alkanes of at least 4 members (excludes halogenated alkanes) is 3. The number of carbonyl (C=O) groups excluding carboxylic acids is 9. The van der Waals surface area contributed by atoms with E-state index in [1.54, 1.807) is 68.4 Å². The van der Waals surface area contributed by atoms with Gasteiger partial charge in [0.15, 0.2) is 5.78 Å². The van der Waals surface area contributed by atoms with Crippen LogP contribution in [0.25, 0.3) is 0 Å². The third-order valence-electron chi connectivity index (χ3n) is 16.5. The van der Waals surface area contributed by atoms with E-state index in [4.69, 9.17) is 5.73 Å². The van der Waals surface area contributed by atoms with Crippen LogP contribution in [0.1, 0.15) is 139 Å². The number of carboxylic acid groups (broad SMARTS) is 1. The third kappa shape index (κ3) is 20.8. The third-order valence-corrected chi connectivity index (χ3v) is 18.3. The Kier molecular flexibility index (Phi) is 27.8. The predicted molar refractivity (Wildman–Crippen MR) is 332 cm³/mol. The van der Waals surface area contributed by atoms with Crippen molar-refractivity contribution in [2.24, 2.45) is 11.7 Å². The molecule has 5 rings (SSSR count). The van der Waals surface area contributed by atoms with Crippen molar-refractivity contribution in [2.45, 2.75) is 190 Å². The fraction of sp³-hybridized carbons (Fsp3) is 0.556. The number of Topliss-reactive ketones (excluding diaryl/α,β-unsaturated/α-hetero) is 1. The average molecular weight is 1240 g/mol. The van der Waals surface area contributed by atoms with Gasteiger partial charge in [0.05, 0.1) is 29.8 Å². The molecule has 0 radical (unpaired) electrons. The lowest BCUT2D eigenvalue weighted by atomic mass is 9.79. The van der Waals surface area contributed by atoms with E-state index in [1.807, 2.05) is 11.8 Å². The molecule has 2 saturated heterocycles. The first-order valence-corrected chi connectivity index (χ1v) is 31.4. The first kappa shape index (κ1) is 71.3. The minimum atomic E-state index is -1.75. The summed E-state index contributed by atoms with van der Waals surface area (Å²) in [5, 5.41) is 66.6. The number of hydrogen-bond acceptors (Lipinski definition) is 16. The molecule has 24 nitrogen and oxygen atoms in total. The van der Waals surface area contributed by atoms with Crippen molar-refractivity contribution in [3.8, 4) is 5.75 Å².